The molecule has 1 aromatic heterocycles. The Labute approximate surface area is 205 Å². The van der Waals surface area contributed by atoms with E-state index >= 15 is 0 Å². The van der Waals surface area contributed by atoms with E-state index in [0.29, 0.717) is 27.5 Å². The molecule has 5 nitrogen and oxygen atoms in total. The van der Waals surface area contributed by atoms with Crippen molar-refractivity contribution in [3.8, 4) is 16.9 Å². The van der Waals surface area contributed by atoms with Crippen molar-refractivity contribution in [2.24, 2.45) is 0 Å². The summed E-state index contributed by atoms with van der Waals surface area (Å²) in [5.41, 5.74) is 3.87. The van der Waals surface area contributed by atoms with Gasteiger partial charge in [0.1, 0.15) is 18.7 Å². The van der Waals surface area contributed by atoms with E-state index in [1.54, 1.807) is 25.5 Å². The molecule has 0 N–H and O–H groups in total. The molecule has 2 aliphatic rings. The average Bonchev–Trinajstić information content (AvgIpc) is 3.31. The number of halogens is 2. The summed E-state index contributed by atoms with van der Waals surface area (Å²) in [4.78, 5) is 6.07. The monoisotopic (exact) mass is 494 g/mol. The molecule has 178 valence electrons. The molecular formula is C27H24F2N3O2P. The van der Waals surface area contributed by atoms with Crippen molar-refractivity contribution in [1.82, 2.24) is 14.5 Å². The van der Waals surface area contributed by atoms with Crippen LogP contribution in [0.15, 0.2) is 60.7 Å². The fourth-order valence-electron chi connectivity index (χ4n) is 4.99. The molecule has 35 heavy (non-hydrogen) atoms. The van der Waals surface area contributed by atoms with Crippen LogP contribution in [-0.4, -0.2) is 41.4 Å². The number of alkyl halides is 2. The van der Waals surface area contributed by atoms with E-state index in [-0.39, 0.29) is 12.2 Å². The van der Waals surface area contributed by atoms with E-state index in [2.05, 4.69) is 0 Å². The molecule has 8 heteroatoms. The number of imidazole rings is 1. The lowest BCUT2D eigenvalue weighted by Gasteiger charge is -2.20. The summed E-state index contributed by atoms with van der Waals surface area (Å²) in [5.74, 6) is 0.519. The first-order valence-electron chi connectivity index (χ1n) is 12.7. The molecule has 4 aromatic rings. The Morgan fingerprint density at radius 2 is 1.89 bits per heavy atom. The van der Waals surface area contributed by atoms with Crippen molar-refractivity contribution in [2.45, 2.75) is 19.1 Å². The summed E-state index contributed by atoms with van der Waals surface area (Å²) < 4.78 is 70.4. The quantitative estimate of drug-likeness (QED) is 0.396. The van der Waals surface area contributed by atoms with Gasteiger partial charge in [-0.15, -0.1) is 0 Å². The van der Waals surface area contributed by atoms with Crippen LogP contribution in [0.3, 0.4) is 0 Å². The van der Waals surface area contributed by atoms with Crippen LogP contribution in [0.2, 0.25) is 0 Å². The predicted octanol–water partition coefficient (Wildman–Crippen LogP) is 4.34. The fourth-order valence-corrected chi connectivity index (χ4v) is 5.86. The van der Waals surface area contributed by atoms with E-state index in [0.717, 1.165) is 21.9 Å². The number of nitrogens with zero attached hydrogens (tertiary/aromatic N) is 3. The first-order valence-corrected chi connectivity index (χ1v) is 13.8. The van der Waals surface area contributed by atoms with Crippen LogP contribution in [0, 0.1) is 0 Å². The molecule has 0 aliphatic carbocycles. The van der Waals surface area contributed by atoms with Crippen molar-refractivity contribution in [3.63, 3.8) is 0 Å². The highest BCUT2D eigenvalue weighted by Gasteiger charge is 2.35. The van der Waals surface area contributed by atoms with Gasteiger partial charge in [-0.3, -0.25) is 4.57 Å². The van der Waals surface area contributed by atoms with E-state index in [9.17, 15) is 13.3 Å². The summed E-state index contributed by atoms with van der Waals surface area (Å²) in [6, 6.07) is 17.5. The standard InChI is InChI=1S/C27H24F2N3O2P/c1-31-15-18-5-4-6-24(34-27(28)29)25(18)22-14-23(31)26-30-20-12-9-17(13-21(20)32(22)26)16-7-10-19(11-8-16)35(2,3)33/h4-13,15,23,27H,14H2,1-3H3/t23-/m1/s1/i1D3. The van der Waals surface area contributed by atoms with Gasteiger partial charge in [0.25, 0.3) is 0 Å². The van der Waals surface area contributed by atoms with Gasteiger partial charge >= 0.3 is 6.61 Å². The third kappa shape index (κ3) is 3.57. The molecule has 0 saturated heterocycles. The maximum absolute atomic E-state index is 13.4. The third-order valence-electron chi connectivity index (χ3n) is 6.63. The Hall–Kier alpha value is -3.44. The summed E-state index contributed by atoms with van der Waals surface area (Å²) in [6.45, 7) is -2.05. The largest absolute Gasteiger partial charge is 0.434 e. The molecule has 6 rings (SSSR count). The minimum Gasteiger partial charge on any atom is -0.434 e. The summed E-state index contributed by atoms with van der Waals surface area (Å²) >= 11 is 0. The van der Waals surface area contributed by atoms with Crippen LogP contribution >= 0.6 is 7.14 Å². The average molecular weight is 494 g/mol. The van der Waals surface area contributed by atoms with Gasteiger partial charge in [0.05, 0.1) is 17.1 Å². The highest BCUT2D eigenvalue weighted by atomic mass is 31.2. The van der Waals surface area contributed by atoms with Crippen molar-refractivity contribution < 1.29 is 22.2 Å². The van der Waals surface area contributed by atoms with Crippen LogP contribution in [-0.2, 0) is 4.57 Å². The van der Waals surface area contributed by atoms with E-state index in [4.69, 9.17) is 13.8 Å². The molecule has 2 bridgehead atoms. The Morgan fingerprint density at radius 1 is 1.11 bits per heavy atom. The smallest absolute Gasteiger partial charge is 0.387 e. The summed E-state index contributed by atoms with van der Waals surface area (Å²) in [5, 5.41) is 1.70. The second-order valence-corrected chi connectivity index (χ2v) is 12.4. The van der Waals surface area contributed by atoms with Gasteiger partial charge in [-0.25, -0.2) is 4.98 Å². The summed E-state index contributed by atoms with van der Waals surface area (Å²) in [6.07, 6.45) is 1.76. The van der Waals surface area contributed by atoms with Crippen molar-refractivity contribution >= 4 is 35.4 Å². The number of rotatable bonds is 4. The van der Waals surface area contributed by atoms with Gasteiger partial charge in [0.2, 0.25) is 0 Å². The first-order chi connectivity index (χ1) is 17.9. The highest BCUT2D eigenvalue weighted by molar-refractivity contribution is 7.70. The number of ether oxygens (including phenoxy) is 1. The van der Waals surface area contributed by atoms with Crippen LogP contribution < -0.4 is 20.5 Å². The van der Waals surface area contributed by atoms with Gasteiger partial charge < -0.3 is 14.2 Å². The number of aromatic nitrogens is 2. The topological polar surface area (TPSA) is 47.4 Å². The van der Waals surface area contributed by atoms with Crippen molar-refractivity contribution in [2.75, 3.05) is 20.3 Å². The SMILES string of the molecule is [2H]C([2H])([2H])N1C=c2cccc(OC(F)F)c2=C2C[C@@H]1c1nc3ccc(-c4ccc(P(C)(C)=O)cc4)cc3n12. The van der Waals surface area contributed by atoms with Gasteiger partial charge in [-0.2, -0.15) is 8.78 Å². The lowest BCUT2D eigenvalue weighted by Crippen LogP contribution is -2.32. The van der Waals surface area contributed by atoms with Crippen molar-refractivity contribution in [3.05, 3.63) is 76.9 Å². The fraction of sp³-hybridized carbons (Fsp3) is 0.222. The highest BCUT2D eigenvalue weighted by Crippen LogP contribution is 2.41. The Bertz CT molecular complexity index is 1760. The third-order valence-corrected chi connectivity index (χ3v) is 8.18. The van der Waals surface area contributed by atoms with Gasteiger partial charge in [0, 0.05) is 45.1 Å². The van der Waals surface area contributed by atoms with Gasteiger partial charge in [-0.1, -0.05) is 42.5 Å². The van der Waals surface area contributed by atoms with Gasteiger partial charge in [-0.05, 0) is 42.7 Å². The molecule has 0 saturated carbocycles. The molecule has 0 spiro atoms. The van der Waals surface area contributed by atoms with Crippen LogP contribution in [0.1, 0.15) is 22.4 Å². The number of benzene rings is 3. The van der Waals surface area contributed by atoms with E-state index in [1.165, 1.54) is 17.2 Å². The molecule has 2 aliphatic heterocycles. The summed E-state index contributed by atoms with van der Waals surface area (Å²) in [7, 11) is -2.39. The van der Waals surface area contributed by atoms with Crippen LogP contribution in [0.4, 0.5) is 8.78 Å². The van der Waals surface area contributed by atoms with Crippen molar-refractivity contribution in [1.29, 1.82) is 0 Å². The molecule has 3 heterocycles. The zero-order valence-corrected chi connectivity index (χ0v) is 20.0. The second-order valence-electron chi connectivity index (χ2n) is 9.21. The first kappa shape index (κ1) is 18.8. The molecule has 0 unspecified atom stereocenters. The molecule has 0 radical (unpaired) electrons. The maximum Gasteiger partial charge on any atom is 0.387 e. The van der Waals surface area contributed by atoms with E-state index < -0.39 is 26.8 Å². The zero-order chi connectivity index (χ0) is 27.0. The predicted molar refractivity (Wildman–Crippen MR) is 135 cm³/mol. The van der Waals surface area contributed by atoms with Gasteiger partial charge in [0.15, 0.2) is 0 Å². The molecule has 1 atom stereocenters. The second kappa shape index (κ2) is 7.79. The number of hydrogen-bond acceptors (Lipinski definition) is 4. The van der Waals surface area contributed by atoms with E-state index in [1.807, 2.05) is 47.0 Å². The lowest BCUT2D eigenvalue weighted by molar-refractivity contribution is -0.0505. The Morgan fingerprint density at radius 3 is 2.60 bits per heavy atom. The Kier molecular flexibility index (Phi) is 4.19. The molecule has 0 fully saturated rings. The maximum atomic E-state index is 13.4. The van der Waals surface area contributed by atoms with Crippen LogP contribution in [0.25, 0.3) is 34.1 Å². The lowest BCUT2D eigenvalue weighted by atomic mass is 10.0. The molecular weight excluding hydrogens is 467 g/mol. The minimum atomic E-state index is -3.03. The zero-order valence-electron chi connectivity index (χ0n) is 22.1. The number of fused-ring (bicyclic) bond motifs is 8. The normalized spacial score (nSPS) is 18.4. The molecule has 0 amide bonds. The minimum absolute atomic E-state index is 0.0140. The number of hydrogen-bond donors (Lipinski definition) is 0. The molecule has 3 aromatic carbocycles. The Balaban J connectivity index is 1.62. The van der Waals surface area contributed by atoms with Crippen LogP contribution in [0.5, 0.6) is 5.75 Å².